The van der Waals surface area contributed by atoms with Crippen LogP contribution in [-0.2, 0) is 4.52 Å². The van der Waals surface area contributed by atoms with E-state index in [0.29, 0.717) is 0 Å². The Morgan fingerprint density at radius 3 is 2.60 bits per heavy atom. The van der Waals surface area contributed by atoms with Gasteiger partial charge in [-0.2, -0.15) is 0 Å². The summed E-state index contributed by atoms with van der Waals surface area (Å²) in [5.74, 6) is 0.955. The van der Waals surface area contributed by atoms with Crippen LogP contribution in [0.5, 0.6) is 5.75 Å². The van der Waals surface area contributed by atoms with Gasteiger partial charge >= 0.3 is 0 Å². The van der Waals surface area contributed by atoms with Crippen LogP contribution in [-0.4, -0.2) is 13.2 Å². The molecule has 0 aliphatic carbocycles. The van der Waals surface area contributed by atoms with Crippen LogP contribution in [0.1, 0.15) is 18.4 Å². The molecule has 0 spiro atoms. The molecule has 1 rings (SSSR count). The number of hydrogen-bond acceptors (Lipinski definition) is 2. The van der Waals surface area contributed by atoms with Gasteiger partial charge in [0.05, 0.1) is 13.2 Å². The molecule has 0 heterocycles. The fraction of sp³-hybridized carbons (Fsp3) is 0.455. The highest BCUT2D eigenvalue weighted by atomic mass is 35.5. The van der Waals surface area contributed by atoms with Crippen LogP contribution in [0.15, 0.2) is 24.3 Å². The Morgan fingerprint density at radius 1 is 1.20 bits per heavy atom. The number of unbranched alkanes of at least 4 members (excludes halogenated alkanes) is 1. The number of hydrogen-bond donors (Lipinski definition) is 0. The first-order valence-electron chi connectivity index (χ1n) is 4.84. The Labute approximate surface area is 100 Å². The zero-order valence-electron chi connectivity index (χ0n) is 8.94. The van der Waals surface area contributed by atoms with Crippen LogP contribution >= 0.6 is 21.9 Å². The number of aryl methyl sites for hydroxylation is 1. The average molecular weight is 249 g/mol. The summed E-state index contributed by atoms with van der Waals surface area (Å²) in [5.41, 5.74) is 1.23. The minimum Gasteiger partial charge on any atom is -0.494 e. The predicted molar refractivity (Wildman–Crippen MR) is 68.8 cm³/mol. The maximum absolute atomic E-state index is 5.57. The minimum atomic E-state index is 0. The fourth-order valence-electron chi connectivity index (χ4n) is 1.18. The van der Waals surface area contributed by atoms with Gasteiger partial charge in [-0.15, -0.1) is 12.4 Å². The number of benzene rings is 1. The van der Waals surface area contributed by atoms with Crippen molar-refractivity contribution in [2.45, 2.75) is 19.8 Å². The van der Waals surface area contributed by atoms with Crippen molar-refractivity contribution in [3.63, 3.8) is 0 Å². The second kappa shape index (κ2) is 8.96. The second-order valence-corrected chi connectivity index (χ2v) is 3.58. The Balaban J connectivity index is 0.00000196. The van der Waals surface area contributed by atoms with Crippen molar-refractivity contribution in [1.82, 2.24) is 0 Å². The summed E-state index contributed by atoms with van der Waals surface area (Å²) in [6.45, 7) is 3.61. The van der Waals surface area contributed by atoms with Crippen LogP contribution in [0.25, 0.3) is 0 Å². The molecule has 1 unspecified atom stereocenters. The lowest BCUT2D eigenvalue weighted by Gasteiger charge is -2.06. The van der Waals surface area contributed by atoms with Crippen LogP contribution in [0, 0.1) is 6.92 Å². The predicted octanol–water partition coefficient (Wildman–Crippen LogP) is 3.38. The van der Waals surface area contributed by atoms with E-state index in [0.717, 1.165) is 31.8 Å². The standard InChI is InChI=1S/C11H17O2P.ClH/c1-10-5-4-6-11(9-10)12-7-2-3-8-13-14;/h4-6,9H,2-3,7-8,14H2,1H3;1H. The van der Waals surface area contributed by atoms with Gasteiger partial charge in [0.15, 0.2) is 0 Å². The first-order chi connectivity index (χ1) is 6.83. The van der Waals surface area contributed by atoms with Crippen molar-refractivity contribution in [2.75, 3.05) is 13.2 Å². The molecule has 0 N–H and O–H groups in total. The summed E-state index contributed by atoms with van der Waals surface area (Å²) in [6, 6.07) is 8.11. The molecule has 0 aliphatic rings. The van der Waals surface area contributed by atoms with E-state index >= 15 is 0 Å². The largest absolute Gasteiger partial charge is 0.494 e. The van der Waals surface area contributed by atoms with Gasteiger partial charge < -0.3 is 9.26 Å². The number of halogens is 1. The van der Waals surface area contributed by atoms with E-state index in [-0.39, 0.29) is 12.4 Å². The fourth-order valence-corrected chi connectivity index (χ4v) is 1.35. The summed E-state index contributed by atoms with van der Waals surface area (Å²) in [5, 5.41) is 0. The number of rotatable bonds is 6. The normalized spacial score (nSPS) is 9.47. The Morgan fingerprint density at radius 2 is 1.93 bits per heavy atom. The first kappa shape index (κ1) is 14.7. The molecule has 0 radical (unpaired) electrons. The smallest absolute Gasteiger partial charge is 0.119 e. The third kappa shape index (κ3) is 6.72. The van der Waals surface area contributed by atoms with Crippen LogP contribution in [0.4, 0.5) is 0 Å². The van der Waals surface area contributed by atoms with E-state index in [4.69, 9.17) is 9.26 Å². The van der Waals surface area contributed by atoms with Crippen LogP contribution in [0.3, 0.4) is 0 Å². The molecule has 2 nitrogen and oxygen atoms in total. The van der Waals surface area contributed by atoms with Crippen molar-refractivity contribution in [3.05, 3.63) is 29.8 Å². The van der Waals surface area contributed by atoms with Gasteiger partial charge in [0.2, 0.25) is 0 Å². The lowest BCUT2D eigenvalue weighted by Crippen LogP contribution is -1.98. The Hall–Kier alpha value is -0.300. The van der Waals surface area contributed by atoms with E-state index < -0.39 is 0 Å². The van der Waals surface area contributed by atoms with Gasteiger partial charge in [0.1, 0.15) is 5.75 Å². The zero-order valence-corrected chi connectivity index (χ0v) is 10.9. The molecule has 1 aromatic carbocycles. The van der Waals surface area contributed by atoms with Crippen LogP contribution in [0.2, 0.25) is 0 Å². The van der Waals surface area contributed by atoms with Crippen molar-refractivity contribution in [3.8, 4) is 5.75 Å². The maximum atomic E-state index is 5.57. The monoisotopic (exact) mass is 248 g/mol. The van der Waals surface area contributed by atoms with Gasteiger partial charge in [0, 0.05) is 9.47 Å². The molecule has 0 saturated carbocycles. The van der Waals surface area contributed by atoms with Gasteiger partial charge in [-0.05, 0) is 37.5 Å². The molecule has 86 valence electrons. The van der Waals surface area contributed by atoms with E-state index in [1.807, 2.05) is 18.2 Å². The van der Waals surface area contributed by atoms with Gasteiger partial charge in [-0.3, -0.25) is 0 Å². The van der Waals surface area contributed by atoms with Gasteiger partial charge in [-0.1, -0.05) is 12.1 Å². The molecule has 0 fully saturated rings. The van der Waals surface area contributed by atoms with E-state index in [1.54, 1.807) is 0 Å². The summed E-state index contributed by atoms with van der Waals surface area (Å²) < 4.78 is 10.4. The minimum absolute atomic E-state index is 0. The molecule has 15 heavy (non-hydrogen) atoms. The van der Waals surface area contributed by atoms with E-state index in [2.05, 4.69) is 22.5 Å². The summed E-state index contributed by atoms with van der Waals surface area (Å²) in [6.07, 6.45) is 2.07. The lowest BCUT2D eigenvalue weighted by molar-refractivity contribution is 0.283. The summed E-state index contributed by atoms with van der Waals surface area (Å²) in [4.78, 5) is 0. The maximum Gasteiger partial charge on any atom is 0.119 e. The van der Waals surface area contributed by atoms with Crippen molar-refractivity contribution >= 4 is 21.9 Å². The molecule has 0 aliphatic heterocycles. The SMILES string of the molecule is Cc1cccc(OCCCCOP)c1.Cl. The molecule has 0 bridgehead atoms. The van der Waals surface area contributed by atoms with E-state index in [9.17, 15) is 0 Å². The van der Waals surface area contributed by atoms with Gasteiger partial charge in [-0.25, -0.2) is 0 Å². The molecule has 1 atom stereocenters. The third-order valence-electron chi connectivity index (χ3n) is 1.91. The molecular weight excluding hydrogens is 231 g/mol. The Kier molecular flexibility index (Phi) is 8.79. The Bertz CT molecular complexity index is 269. The molecule has 0 saturated heterocycles. The first-order valence-corrected chi connectivity index (χ1v) is 5.31. The van der Waals surface area contributed by atoms with Crippen molar-refractivity contribution < 1.29 is 9.26 Å². The molecule has 0 amide bonds. The van der Waals surface area contributed by atoms with Crippen molar-refractivity contribution in [1.29, 1.82) is 0 Å². The van der Waals surface area contributed by atoms with E-state index in [1.165, 1.54) is 5.56 Å². The summed E-state index contributed by atoms with van der Waals surface area (Å²) >= 11 is 0. The molecule has 4 heteroatoms. The highest BCUT2D eigenvalue weighted by Crippen LogP contribution is 2.12. The third-order valence-corrected chi connectivity index (χ3v) is 2.15. The zero-order chi connectivity index (χ0) is 10.2. The van der Waals surface area contributed by atoms with Gasteiger partial charge in [0.25, 0.3) is 0 Å². The summed E-state index contributed by atoms with van der Waals surface area (Å²) in [7, 11) is 2.25. The van der Waals surface area contributed by atoms with Crippen molar-refractivity contribution in [2.24, 2.45) is 0 Å². The molecule has 0 aromatic heterocycles. The molecule has 1 aromatic rings. The van der Waals surface area contributed by atoms with Crippen LogP contribution < -0.4 is 4.74 Å². The average Bonchev–Trinajstić information content (AvgIpc) is 2.18. The quantitative estimate of drug-likeness (QED) is 0.568. The lowest BCUT2D eigenvalue weighted by atomic mass is 10.2. The highest BCUT2D eigenvalue weighted by molar-refractivity contribution is 7.09. The molecular formula is C11H18ClO2P. The second-order valence-electron chi connectivity index (χ2n) is 3.24. The topological polar surface area (TPSA) is 18.5 Å². The number of ether oxygens (including phenoxy) is 1. The highest BCUT2D eigenvalue weighted by Gasteiger charge is 1.93.